The van der Waals surface area contributed by atoms with Gasteiger partial charge in [0, 0.05) is 30.7 Å². The molecule has 1 aromatic heterocycles. The van der Waals surface area contributed by atoms with E-state index in [0.717, 1.165) is 42.4 Å². The van der Waals surface area contributed by atoms with Gasteiger partial charge >= 0.3 is 0 Å². The van der Waals surface area contributed by atoms with Crippen molar-refractivity contribution in [1.82, 2.24) is 5.32 Å². The Morgan fingerprint density at radius 2 is 2.16 bits per heavy atom. The van der Waals surface area contributed by atoms with Gasteiger partial charge < -0.3 is 19.2 Å². The first kappa shape index (κ1) is 18.0. The van der Waals surface area contributed by atoms with Crippen LogP contribution in [-0.2, 0) is 20.7 Å². The lowest BCUT2D eigenvalue weighted by Gasteiger charge is -2.10. The van der Waals surface area contributed by atoms with E-state index in [1.54, 1.807) is 6.26 Å². The van der Waals surface area contributed by atoms with E-state index in [0.29, 0.717) is 26.2 Å². The van der Waals surface area contributed by atoms with Crippen molar-refractivity contribution < 1.29 is 18.7 Å². The van der Waals surface area contributed by atoms with Gasteiger partial charge in [0.1, 0.15) is 5.58 Å². The summed E-state index contributed by atoms with van der Waals surface area (Å²) in [5.74, 6) is 0.0139. The molecule has 1 saturated heterocycles. The first-order valence-corrected chi connectivity index (χ1v) is 9.07. The van der Waals surface area contributed by atoms with Gasteiger partial charge in [-0.1, -0.05) is 0 Å². The number of ether oxygens (including phenoxy) is 2. The fourth-order valence-corrected chi connectivity index (χ4v) is 3.10. The van der Waals surface area contributed by atoms with Crippen LogP contribution in [0.2, 0.25) is 0 Å². The minimum absolute atomic E-state index is 0.0139. The third kappa shape index (κ3) is 4.83. The van der Waals surface area contributed by atoms with E-state index in [2.05, 4.69) is 25.2 Å². The number of benzene rings is 1. The molecule has 2 heterocycles. The first-order valence-electron chi connectivity index (χ1n) is 9.07. The minimum atomic E-state index is 0.0139. The van der Waals surface area contributed by atoms with Crippen LogP contribution in [0, 0.1) is 13.8 Å². The second kappa shape index (κ2) is 8.50. The van der Waals surface area contributed by atoms with E-state index in [1.807, 2.05) is 6.07 Å². The molecule has 0 aliphatic carbocycles. The van der Waals surface area contributed by atoms with Gasteiger partial charge in [0.05, 0.1) is 25.4 Å². The third-order valence-electron chi connectivity index (χ3n) is 4.74. The maximum absolute atomic E-state index is 12.1. The molecule has 0 saturated carbocycles. The highest BCUT2D eigenvalue weighted by molar-refractivity contribution is 5.88. The first-order chi connectivity index (χ1) is 12.1. The Balaban J connectivity index is 1.38. The van der Waals surface area contributed by atoms with Crippen molar-refractivity contribution in [2.45, 2.75) is 45.6 Å². The highest BCUT2D eigenvalue weighted by atomic mass is 16.5. The van der Waals surface area contributed by atoms with E-state index in [-0.39, 0.29) is 12.0 Å². The molecule has 136 valence electrons. The van der Waals surface area contributed by atoms with E-state index in [1.165, 1.54) is 11.1 Å². The molecule has 2 aromatic rings. The summed E-state index contributed by atoms with van der Waals surface area (Å²) in [4.78, 5) is 12.1. The molecule has 1 unspecified atom stereocenters. The topological polar surface area (TPSA) is 60.7 Å². The van der Waals surface area contributed by atoms with Gasteiger partial charge in [-0.15, -0.1) is 0 Å². The van der Waals surface area contributed by atoms with Crippen LogP contribution in [0.3, 0.4) is 0 Å². The number of hydrogen-bond donors (Lipinski definition) is 1. The largest absolute Gasteiger partial charge is 0.464 e. The Morgan fingerprint density at radius 3 is 2.96 bits per heavy atom. The molecule has 3 rings (SSSR count). The highest BCUT2D eigenvalue weighted by Crippen LogP contribution is 2.25. The molecule has 5 nitrogen and oxygen atoms in total. The van der Waals surface area contributed by atoms with Gasteiger partial charge in [-0.3, -0.25) is 4.79 Å². The fraction of sp³-hybridized carbons (Fsp3) is 0.550. The molecule has 1 aliphatic rings. The number of rotatable bonds is 8. The van der Waals surface area contributed by atoms with Crippen LogP contribution in [0.4, 0.5) is 0 Å². The number of carbonyl (C=O) groups is 1. The SMILES string of the molecule is Cc1cc2occ(CC(=O)NCCCOCC3CCCO3)c2cc1C. The Hall–Kier alpha value is -1.85. The van der Waals surface area contributed by atoms with Gasteiger partial charge in [-0.25, -0.2) is 0 Å². The van der Waals surface area contributed by atoms with Gasteiger partial charge in [0.15, 0.2) is 0 Å². The Kier molecular flexibility index (Phi) is 6.10. The van der Waals surface area contributed by atoms with Gasteiger partial charge in [0.2, 0.25) is 5.91 Å². The van der Waals surface area contributed by atoms with Crippen LogP contribution in [0.15, 0.2) is 22.8 Å². The molecule has 1 amide bonds. The molecule has 1 aromatic carbocycles. The normalized spacial score (nSPS) is 17.3. The molecule has 1 atom stereocenters. The average molecular weight is 345 g/mol. The third-order valence-corrected chi connectivity index (χ3v) is 4.74. The Bertz CT molecular complexity index is 716. The summed E-state index contributed by atoms with van der Waals surface area (Å²) in [5, 5.41) is 3.97. The quantitative estimate of drug-likeness (QED) is 0.746. The molecule has 0 radical (unpaired) electrons. The zero-order chi connectivity index (χ0) is 17.6. The zero-order valence-corrected chi connectivity index (χ0v) is 15.1. The molecular formula is C20H27NO4. The van der Waals surface area contributed by atoms with Crippen molar-refractivity contribution in [3.63, 3.8) is 0 Å². The van der Waals surface area contributed by atoms with E-state index in [9.17, 15) is 4.79 Å². The van der Waals surface area contributed by atoms with E-state index >= 15 is 0 Å². The van der Waals surface area contributed by atoms with Crippen LogP contribution in [0.25, 0.3) is 11.0 Å². The summed E-state index contributed by atoms with van der Waals surface area (Å²) in [6.07, 6.45) is 5.32. The summed E-state index contributed by atoms with van der Waals surface area (Å²) >= 11 is 0. The summed E-state index contributed by atoms with van der Waals surface area (Å²) in [7, 11) is 0. The number of amides is 1. The molecule has 1 aliphatic heterocycles. The van der Waals surface area contributed by atoms with Crippen LogP contribution in [-0.4, -0.2) is 38.4 Å². The Labute approximate surface area is 148 Å². The van der Waals surface area contributed by atoms with Gasteiger partial charge in [-0.2, -0.15) is 0 Å². The van der Waals surface area contributed by atoms with Crippen LogP contribution >= 0.6 is 0 Å². The maximum atomic E-state index is 12.1. The van der Waals surface area contributed by atoms with Gasteiger partial charge in [-0.05, 0) is 56.4 Å². The van der Waals surface area contributed by atoms with Crippen molar-refractivity contribution in [2.75, 3.05) is 26.4 Å². The van der Waals surface area contributed by atoms with Crippen molar-refractivity contribution in [1.29, 1.82) is 0 Å². The van der Waals surface area contributed by atoms with Gasteiger partial charge in [0.25, 0.3) is 0 Å². The van der Waals surface area contributed by atoms with E-state index in [4.69, 9.17) is 13.9 Å². The number of aryl methyl sites for hydroxylation is 2. The van der Waals surface area contributed by atoms with Crippen LogP contribution in [0.1, 0.15) is 36.0 Å². The standard InChI is InChI=1S/C20H27NO4/c1-14-9-18-16(12-25-19(18)10-15(14)2)11-20(22)21-6-4-7-23-13-17-5-3-8-24-17/h9-10,12,17H,3-8,11,13H2,1-2H3,(H,21,22). The lowest BCUT2D eigenvalue weighted by atomic mass is 10.0. The number of carbonyl (C=O) groups excluding carboxylic acids is 1. The fourth-order valence-electron chi connectivity index (χ4n) is 3.10. The summed E-state index contributed by atoms with van der Waals surface area (Å²) in [6, 6.07) is 4.12. The predicted octanol–water partition coefficient (Wildman–Crippen LogP) is 3.29. The zero-order valence-electron chi connectivity index (χ0n) is 15.1. The summed E-state index contributed by atoms with van der Waals surface area (Å²) < 4.78 is 16.7. The monoisotopic (exact) mass is 345 g/mol. The summed E-state index contributed by atoms with van der Waals surface area (Å²) in [5.41, 5.74) is 4.18. The van der Waals surface area contributed by atoms with Crippen LogP contribution < -0.4 is 5.32 Å². The van der Waals surface area contributed by atoms with Crippen molar-refractivity contribution in [3.8, 4) is 0 Å². The lowest BCUT2D eigenvalue weighted by Crippen LogP contribution is -2.27. The second-order valence-electron chi connectivity index (χ2n) is 6.78. The summed E-state index contributed by atoms with van der Waals surface area (Å²) in [6.45, 7) is 6.91. The van der Waals surface area contributed by atoms with Crippen LogP contribution in [0.5, 0.6) is 0 Å². The molecule has 1 fully saturated rings. The molecule has 0 bridgehead atoms. The second-order valence-corrected chi connectivity index (χ2v) is 6.78. The molecule has 1 N–H and O–H groups in total. The van der Waals surface area contributed by atoms with Crippen molar-refractivity contribution in [2.24, 2.45) is 0 Å². The number of furan rings is 1. The Morgan fingerprint density at radius 1 is 1.32 bits per heavy atom. The molecular weight excluding hydrogens is 318 g/mol. The minimum Gasteiger partial charge on any atom is -0.464 e. The average Bonchev–Trinajstić information content (AvgIpc) is 3.22. The number of fused-ring (bicyclic) bond motifs is 1. The van der Waals surface area contributed by atoms with E-state index < -0.39 is 0 Å². The smallest absolute Gasteiger partial charge is 0.224 e. The highest BCUT2D eigenvalue weighted by Gasteiger charge is 2.15. The number of hydrogen-bond acceptors (Lipinski definition) is 4. The molecule has 0 spiro atoms. The van der Waals surface area contributed by atoms with Crippen molar-refractivity contribution in [3.05, 3.63) is 35.1 Å². The predicted molar refractivity (Wildman–Crippen MR) is 96.8 cm³/mol. The molecule has 5 heteroatoms. The van der Waals surface area contributed by atoms with Crippen molar-refractivity contribution >= 4 is 16.9 Å². The lowest BCUT2D eigenvalue weighted by molar-refractivity contribution is -0.120. The number of nitrogens with one attached hydrogen (secondary N) is 1. The molecule has 25 heavy (non-hydrogen) atoms. The maximum Gasteiger partial charge on any atom is 0.224 e.